The van der Waals surface area contributed by atoms with Crippen molar-refractivity contribution >= 4 is 5.97 Å². The number of aryl methyl sites for hydroxylation is 1. The largest absolute Gasteiger partial charge is 0.463 e. The normalized spacial score (nSPS) is 11.9. The molecule has 0 saturated heterocycles. The van der Waals surface area contributed by atoms with Crippen LogP contribution in [0.3, 0.4) is 0 Å². The molecule has 0 amide bonds. The summed E-state index contributed by atoms with van der Waals surface area (Å²) in [5.74, 6) is -0.550. The number of hydrogen-bond donors (Lipinski definition) is 1. The fraction of sp³-hybridized carbons (Fsp3) is 0.357. The lowest BCUT2D eigenvalue weighted by Gasteiger charge is -2.16. The van der Waals surface area contributed by atoms with Crippen molar-refractivity contribution in [1.82, 2.24) is 0 Å². The molecule has 0 fully saturated rings. The third-order valence-electron chi connectivity index (χ3n) is 2.60. The minimum atomic E-state index is -0.995. The van der Waals surface area contributed by atoms with E-state index in [9.17, 15) is 9.90 Å². The molecule has 0 bridgehead atoms. The summed E-state index contributed by atoms with van der Waals surface area (Å²) in [5, 5.41) is 10.1. The zero-order valence-electron chi connectivity index (χ0n) is 10.3. The molecule has 0 aliphatic rings. The van der Waals surface area contributed by atoms with Crippen LogP contribution in [0.25, 0.3) is 0 Å². The molecule has 3 heteroatoms. The topological polar surface area (TPSA) is 46.5 Å². The molecular formula is C14H18O3. The van der Waals surface area contributed by atoms with Crippen LogP contribution in [0.2, 0.25) is 0 Å². The molecule has 0 saturated carbocycles. The molecule has 1 atom stereocenters. The summed E-state index contributed by atoms with van der Waals surface area (Å²) in [7, 11) is 0. The van der Waals surface area contributed by atoms with Crippen molar-refractivity contribution in [1.29, 1.82) is 0 Å². The Balaban J connectivity index is 2.92. The van der Waals surface area contributed by atoms with Gasteiger partial charge in [0.2, 0.25) is 0 Å². The van der Waals surface area contributed by atoms with Gasteiger partial charge in [-0.05, 0) is 24.5 Å². The van der Waals surface area contributed by atoms with Crippen molar-refractivity contribution in [3.8, 4) is 0 Å². The Morgan fingerprint density at radius 3 is 2.65 bits per heavy atom. The van der Waals surface area contributed by atoms with Crippen molar-refractivity contribution in [2.24, 2.45) is 0 Å². The number of benzene rings is 1. The predicted octanol–water partition coefficient (Wildman–Crippen LogP) is 2.40. The van der Waals surface area contributed by atoms with E-state index in [0.717, 1.165) is 12.0 Å². The van der Waals surface area contributed by atoms with Crippen molar-refractivity contribution in [2.75, 3.05) is 6.61 Å². The maximum absolute atomic E-state index is 11.5. The molecule has 92 valence electrons. The van der Waals surface area contributed by atoms with Gasteiger partial charge in [-0.15, -0.1) is 0 Å². The highest BCUT2D eigenvalue weighted by Gasteiger charge is 2.20. The number of ether oxygens (including phenoxy) is 1. The van der Waals surface area contributed by atoms with Crippen molar-refractivity contribution in [2.45, 2.75) is 26.4 Å². The van der Waals surface area contributed by atoms with E-state index in [0.29, 0.717) is 5.56 Å². The Morgan fingerprint density at radius 1 is 1.41 bits per heavy atom. The van der Waals surface area contributed by atoms with Crippen LogP contribution in [0.15, 0.2) is 36.4 Å². The first kappa shape index (κ1) is 13.5. The highest BCUT2D eigenvalue weighted by atomic mass is 16.5. The molecule has 0 spiro atoms. The number of hydrogen-bond acceptors (Lipinski definition) is 3. The quantitative estimate of drug-likeness (QED) is 0.628. The fourth-order valence-electron chi connectivity index (χ4n) is 1.65. The van der Waals surface area contributed by atoms with Crippen LogP contribution >= 0.6 is 0 Å². The SMILES string of the molecule is C=C(C(=O)OCC)C(O)c1ccccc1CC. The molecule has 0 heterocycles. The molecule has 0 aromatic heterocycles. The molecule has 1 N–H and O–H groups in total. The van der Waals surface area contributed by atoms with Crippen LogP contribution in [0.4, 0.5) is 0 Å². The third-order valence-corrected chi connectivity index (χ3v) is 2.60. The zero-order chi connectivity index (χ0) is 12.8. The highest BCUT2D eigenvalue weighted by Crippen LogP contribution is 2.24. The van der Waals surface area contributed by atoms with Crippen LogP contribution in [0.1, 0.15) is 31.1 Å². The van der Waals surface area contributed by atoms with Gasteiger partial charge in [-0.3, -0.25) is 0 Å². The highest BCUT2D eigenvalue weighted by molar-refractivity contribution is 5.89. The summed E-state index contributed by atoms with van der Waals surface area (Å²) in [4.78, 5) is 11.5. The van der Waals surface area contributed by atoms with Crippen molar-refractivity contribution in [3.63, 3.8) is 0 Å². The van der Waals surface area contributed by atoms with Gasteiger partial charge in [-0.1, -0.05) is 37.8 Å². The van der Waals surface area contributed by atoms with Crippen LogP contribution in [-0.4, -0.2) is 17.7 Å². The van der Waals surface area contributed by atoms with Crippen LogP contribution in [-0.2, 0) is 16.0 Å². The minimum absolute atomic E-state index is 0.0766. The van der Waals surface area contributed by atoms with E-state index in [1.165, 1.54) is 0 Å². The summed E-state index contributed by atoms with van der Waals surface area (Å²) in [5.41, 5.74) is 1.80. The van der Waals surface area contributed by atoms with Gasteiger partial charge in [0, 0.05) is 0 Å². The van der Waals surface area contributed by atoms with Gasteiger partial charge in [0.05, 0.1) is 12.2 Å². The third kappa shape index (κ3) is 3.17. The average Bonchev–Trinajstić information content (AvgIpc) is 2.37. The van der Waals surface area contributed by atoms with E-state index in [1.807, 2.05) is 25.1 Å². The van der Waals surface area contributed by atoms with Gasteiger partial charge in [-0.25, -0.2) is 4.79 Å². The van der Waals surface area contributed by atoms with Crippen LogP contribution < -0.4 is 0 Å². The lowest BCUT2D eigenvalue weighted by atomic mass is 9.96. The first-order chi connectivity index (χ1) is 8.11. The molecular weight excluding hydrogens is 216 g/mol. The Hall–Kier alpha value is -1.61. The fourth-order valence-corrected chi connectivity index (χ4v) is 1.65. The molecule has 0 aliphatic heterocycles. The first-order valence-electron chi connectivity index (χ1n) is 5.73. The summed E-state index contributed by atoms with van der Waals surface area (Å²) in [6.45, 7) is 7.60. The molecule has 3 nitrogen and oxygen atoms in total. The zero-order valence-corrected chi connectivity index (χ0v) is 10.3. The standard InChI is InChI=1S/C14H18O3/c1-4-11-8-6-7-9-12(11)13(15)10(3)14(16)17-5-2/h6-9,13,15H,3-5H2,1-2H3. The van der Waals surface area contributed by atoms with Gasteiger partial charge in [-0.2, -0.15) is 0 Å². The second-order valence-corrected chi connectivity index (χ2v) is 3.70. The van der Waals surface area contributed by atoms with Gasteiger partial charge < -0.3 is 9.84 Å². The van der Waals surface area contributed by atoms with Gasteiger partial charge >= 0.3 is 5.97 Å². The molecule has 0 aliphatic carbocycles. The maximum atomic E-state index is 11.5. The van der Waals surface area contributed by atoms with E-state index in [4.69, 9.17) is 4.74 Å². The number of esters is 1. The smallest absolute Gasteiger partial charge is 0.336 e. The first-order valence-corrected chi connectivity index (χ1v) is 5.73. The Labute approximate surface area is 102 Å². The predicted molar refractivity (Wildman–Crippen MR) is 66.6 cm³/mol. The van der Waals surface area contributed by atoms with Crippen molar-refractivity contribution in [3.05, 3.63) is 47.5 Å². The van der Waals surface area contributed by atoms with E-state index >= 15 is 0 Å². The Morgan fingerprint density at radius 2 is 2.06 bits per heavy atom. The van der Waals surface area contributed by atoms with E-state index in [-0.39, 0.29) is 12.2 Å². The maximum Gasteiger partial charge on any atom is 0.336 e. The molecule has 0 radical (unpaired) electrons. The molecule has 1 unspecified atom stereocenters. The van der Waals surface area contributed by atoms with Crippen LogP contribution in [0, 0.1) is 0 Å². The molecule has 1 rings (SSSR count). The number of rotatable bonds is 5. The van der Waals surface area contributed by atoms with Gasteiger partial charge in [0.25, 0.3) is 0 Å². The second-order valence-electron chi connectivity index (χ2n) is 3.70. The number of carbonyl (C=O) groups excluding carboxylic acids is 1. The Bertz CT molecular complexity index is 410. The average molecular weight is 234 g/mol. The number of aliphatic hydroxyl groups is 1. The lowest BCUT2D eigenvalue weighted by Crippen LogP contribution is -2.14. The van der Waals surface area contributed by atoms with E-state index in [2.05, 4.69) is 6.58 Å². The monoisotopic (exact) mass is 234 g/mol. The molecule has 1 aromatic carbocycles. The van der Waals surface area contributed by atoms with Gasteiger partial charge in [0.15, 0.2) is 0 Å². The van der Waals surface area contributed by atoms with Gasteiger partial charge in [0.1, 0.15) is 6.10 Å². The molecule has 1 aromatic rings. The molecule has 17 heavy (non-hydrogen) atoms. The second kappa shape index (κ2) is 6.21. The summed E-state index contributed by atoms with van der Waals surface area (Å²) in [6.07, 6.45) is -0.200. The number of aliphatic hydroxyl groups excluding tert-OH is 1. The summed E-state index contributed by atoms with van der Waals surface area (Å²) < 4.78 is 4.82. The summed E-state index contributed by atoms with van der Waals surface area (Å²) >= 11 is 0. The lowest BCUT2D eigenvalue weighted by molar-refractivity contribution is -0.139. The Kier molecular flexibility index (Phi) is 4.91. The minimum Gasteiger partial charge on any atom is -0.463 e. The summed E-state index contributed by atoms with van der Waals surface area (Å²) in [6, 6.07) is 7.46. The number of carbonyl (C=O) groups is 1. The van der Waals surface area contributed by atoms with E-state index < -0.39 is 12.1 Å². The van der Waals surface area contributed by atoms with E-state index in [1.54, 1.807) is 13.0 Å². The van der Waals surface area contributed by atoms with Crippen LogP contribution in [0.5, 0.6) is 0 Å². The van der Waals surface area contributed by atoms with Crippen molar-refractivity contribution < 1.29 is 14.6 Å².